The molecule has 2 nitrogen and oxygen atoms in total. The third-order valence-corrected chi connectivity index (χ3v) is 3.08. The summed E-state index contributed by atoms with van der Waals surface area (Å²) in [5, 5.41) is 2.04. The van der Waals surface area contributed by atoms with E-state index in [4.69, 9.17) is 4.74 Å². The van der Waals surface area contributed by atoms with Gasteiger partial charge in [0.1, 0.15) is 5.75 Å². The lowest BCUT2D eigenvalue weighted by molar-refractivity contribution is 0.0938. The van der Waals surface area contributed by atoms with Gasteiger partial charge in [-0.1, -0.05) is 51.1 Å². The van der Waals surface area contributed by atoms with Crippen molar-refractivity contribution >= 4 is 16.6 Å². The van der Waals surface area contributed by atoms with Gasteiger partial charge in [0.2, 0.25) is 0 Å². The summed E-state index contributed by atoms with van der Waals surface area (Å²) in [6, 6.07) is 11.8. The number of ether oxygens (including phenoxy) is 1. The Hall–Kier alpha value is -1.83. The normalized spacial score (nSPS) is 11.6. The minimum absolute atomic E-state index is 0.0287. The molecule has 0 bridgehead atoms. The van der Waals surface area contributed by atoms with Crippen LogP contribution >= 0.6 is 0 Å². The number of rotatable bonds is 3. The van der Waals surface area contributed by atoms with E-state index in [-0.39, 0.29) is 11.2 Å². The summed E-state index contributed by atoms with van der Waals surface area (Å²) in [5.41, 5.74) is 0.675. The lowest BCUT2D eigenvalue weighted by Crippen LogP contribution is -2.14. The van der Waals surface area contributed by atoms with Crippen LogP contribution in [-0.2, 0) is 0 Å². The van der Waals surface area contributed by atoms with E-state index in [1.165, 1.54) is 0 Å². The smallest absolute Gasteiger partial charge is 0.167 e. The van der Waals surface area contributed by atoms with Crippen LogP contribution in [0.1, 0.15) is 37.6 Å². The fourth-order valence-electron chi connectivity index (χ4n) is 2.28. The fraction of sp³-hybridized carbons (Fsp3) is 0.353. The van der Waals surface area contributed by atoms with Gasteiger partial charge in [-0.05, 0) is 22.3 Å². The van der Waals surface area contributed by atoms with Crippen molar-refractivity contribution < 1.29 is 9.53 Å². The van der Waals surface area contributed by atoms with E-state index >= 15 is 0 Å². The van der Waals surface area contributed by atoms with E-state index in [1.54, 1.807) is 7.11 Å². The van der Waals surface area contributed by atoms with Crippen LogP contribution in [0.2, 0.25) is 0 Å². The molecule has 0 heterocycles. The number of hydrogen-bond acceptors (Lipinski definition) is 2. The van der Waals surface area contributed by atoms with Crippen molar-refractivity contribution in [1.29, 1.82) is 0 Å². The second kappa shape index (κ2) is 5.04. The molecule has 2 aromatic rings. The standard InChI is InChI=1S/C17H20O2/c1-17(2,3)11-14(18)16-13-8-6-5-7-12(13)9-10-15(16)19-4/h5-10H,11H2,1-4H3. The maximum Gasteiger partial charge on any atom is 0.167 e. The van der Waals surface area contributed by atoms with E-state index < -0.39 is 0 Å². The monoisotopic (exact) mass is 256 g/mol. The summed E-state index contributed by atoms with van der Waals surface area (Å²) >= 11 is 0. The highest BCUT2D eigenvalue weighted by atomic mass is 16.5. The lowest BCUT2D eigenvalue weighted by Gasteiger charge is -2.18. The van der Waals surface area contributed by atoms with E-state index in [0.29, 0.717) is 17.7 Å². The molecule has 0 atom stereocenters. The van der Waals surface area contributed by atoms with Crippen LogP contribution < -0.4 is 4.74 Å². The number of benzene rings is 2. The molecule has 100 valence electrons. The van der Waals surface area contributed by atoms with Crippen molar-refractivity contribution in [3.8, 4) is 5.75 Å². The topological polar surface area (TPSA) is 26.3 Å². The Bertz CT molecular complexity index is 606. The van der Waals surface area contributed by atoms with Crippen LogP contribution in [0, 0.1) is 5.41 Å². The molecule has 0 N–H and O–H groups in total. The summed E-state index contributed by atoms with van der Waals surface area (Å²) in [6.45, 7) is 6.22. The van der Waals surface area contributed by atoms with Crippen molar-refractivity contribution in [3.05, 3.63) is 42.0 Å². The Labute approximate surface area is 114 Å². The molecule has 0 aliphatic carbocycles. The Balaban J connectivity index is 2.59. The largest absolute Gasteiger partial charge is 0.496 e. The van der Waals surface area contributed by atoms with Gasteiger partial charge in [0.05, 0.1) is 12.7 Å². The lowest BCUT2D eigenvalue weighted by atomic mass is 9.86. The van der Waals surface area contributed by atoms with Crippen molar-refractivity contribution in [2.75, 3.05) is 7.11 Å². The molecular weight excluding hydrogens is 236 g/mol. The SMILES string of the molecule is COc1ccc2ccccc2c1C(=O)CC(C)(C)C. The summed E-state index contributed by atoms with van der Waals surface area (Å²) in [4.78, 5) is 12.6. The highest BCUT2D eigenvalue weighted by molar-refractivity contribution is 6.10. The quantitative estimate of drug-likeness (QED) is 0.757. The number of methoxy groups -OCH3 is 1. The average molecular weight is 256 g/mol. The first-order valence-corrected chi connectivity index (χ1v) is 6.51. The molecule has 0 spiro atoms. The predicted molar refractivity (Wildman–Crippen MR) is 78.9 cm³/mol. The van der Waals surface area contributed by atoms with Crippen LogP contribution in [-0.4, -0.2) is 12.9 Å². The second-order valence-corrected chi connectivity index (χ2v) is 6.02. The van der Waals surface area contributed by atoms with Crippen LogP contribution in [0.15, 0.2) is 36.4 Å². The minimum atomic E-state index is -0.0287. The Kier molecular flexibility index (Phi) is 3.61. The summed E-state index contributed by atoms with van der Waals surface area (Å²) in [7, 11) is 1.61. The molecule has 0 saturated carbocycles. The van der Waals surface area contributed by atoms with Crippen molar-refractivity contribution in [1.82, 2.24) is 0 Å². The molecule has 0 aromatic heterocycles. The third kappa shape index (κ3) is 2.95. The predicted octanol–water partition coefficient (Wildman–Crippen LogP) is 4.47. The molecule has 0 amide bonds. The highest BCUT2D eigenvalue weighted by Crippen LogP contribution is 2.32. The molecule has 0 saturated heterocycles. The molecule has 2 aromatic carbocycles. The molecule has 19 heavy (non-hydrogen) atoms. The second-order valence-electron chi connectivity index (χ2n) is 6.02. The van der Waals surface area contributed by atoms with Crippen molar-refractivity contribution in [2.24, 2.45) is 5.41 Å². The first-order valence-electron chi connectivity index (χ1n) is 6.51. The molecule has 0 unspecified atom stereocenters. The van der Waals surface area contributed by atoms with E-state index in [2.05, 4.69) is 20.8 Å². The first kappa shape index (κ1) is 13.6. The van der Waals surface area contributed by atoms with Crippen molar-refractivity contribution in [2.45, 2.75) is 27.2 Å². The number of hydrogen-bond donors (Lipinski definition) is 0. The maximum atomic E-state index is 12.6. The Morgan fingerprint density at radius 1 is 1.11 bits per heavy atom. The Morgan fingerprint density at radius 3 is 2.42 bits per heavy atom. The Morgan fingerprint density at radius 2 is 1.79 bits per heavy atom. The van der Waals surface area contributed by atoms with Crippen LogP contribution in [0.4, 0.5) is 0 Å². The van der Waals surface area contributed by atoms with Gasteiger partial charge in [-0.2, -0.15) is 0 Å². The van der Waals surface area contributed by atoms with Gasteiger partial charge >= 0.3 is 0 Å². The van der Waals surface area contributed by atoms with Crippen LogP contribution in [0.3, 0.4) is 0 Å². The van der Waals surface area contributed by atoms with Gasteiger partial charge in [-0.25, -0.2) is 0 Å². The number of carbonyl (C=O) groups excluding carboxylic acids is 1. The zero-order chi connectivity index (χ0) is 14.0. The number of Topliss-reactive ketones (excluding diaryl/α,β-unsaturated/α-hetero) is 1. The molecule has 0 fully saturated rings. The van der Waals surface area contributed by atoms with Gasteiger partial charge in [0.15, 0.2) is 5.78 Å². The highest BCUT2D eigenvalue weighted by Gasteiger charge is 2.22. The summed E-state index contributed by atoms with van der Waals surface area (Å²) < 4.78 is 5.37. The summed E-state index contributed by atoms with van der Waals surface area (Å²) in [5.74, 6) is 0.800. The van der Waals surface area contributed by atoms with Gasteiger partial charge in [-0.3, -0.25) is 4.79 Å². The molecular formula is C17H20O2. The fourth-order valence-corrected chi connectivity index (χ4v) is 2.28. The van der Waals surface area contributed by atoms with Gasteiger partial charge < -0.3 is 4.74 Å². The van der Waals surface area contributed by atoms with Gasteiger partial charge in [-0.15, -0.1) is 0 Å². The third-order valence-electron chi connectivity index (χ3n) is 3.08. The molecule has 0 radical (unpaired) electrons. The minimum Gasteiger partial charge on any atom is -0.496 e. The number of carbonyl (C=O) groups is 1. The first-order chi connectivity index (χ1) is 8.92. The zero-order valence-electron chi connectivity index (χ0n) is 12.0. The van der Waals surface area contributed by atoms with E-state index in [9.17, 15) is 4.79 Å². The van der Waals surface area contributed by atoms with E-state index in [1.807, 2.05) is 36.4 Å². The summed E-state index contributed by atoms with van der Waals surface area (Å²) in [6.07, 6.45) is 0.511. The number of fused-ring (bicyclic) bond motifs is 1. The molecule has 2 rings (SSSR count). The molecule has 0 aliphatic rings. The van der Waals surface area contributed by atoms with Gasteiger partial charge in [0.25, 0.3) is 0 Å². The maximum absolute atomic E-state index is 12.6. The zero-order valence-corrected chi connectivity index (χ0v) is 12.0. The molecule has 2 heteroatoms. The average Bonchev–Trinajstić information content (AvgIpc) is 2.35. The molecule has 0 aliphatic heterocycles. The van der Waals surface area contributed by atoms with Crippen LogP contribution in [0.25, 0.3) is 10.8 Å². The van der Waals surface area contributed by atoms with E-state index in [0.717, 1.165) is 10.8 Å². The van der Waals surface area contributed by atoms with Gasteiger partial charge in [0, 0.05) is 6.42 Å². The number of ketones is 1. The van der Waals surface area contributed by atoms with Crippen molar-refractivity contribution in [3.63, 3.8) is 0 Å². The van der Waals surface area contributed by atoms with Crippen LogP contribution in [0.5, 0.6) is 5.75 Å².